The Morgan fingerprint density at radius 3 is 2.43 bits per heavy atom. The van der Waals surface area contributed by atoms with Crippen LogP contribution in [0.2, 0.25) is 0 Å². The Hall–Kier alpha value is -3.47. The quantitative estimate of drug-likeness (QED) is 0.261. The Morgan fingerprint density at radius 1 is 1.09 bits per heavy atom. The monoisotopic (exact) mass is 556 g/mol. The summed E-state index contributed by atoms with van der Waals surface area (Å²) in [6, 6.07) is 18.6. The molecule has 180 valence electrons. The maximum atomic E-state index is 13.1. The molecule has 1 aliphatic heterocycles. The predicted octanol–water partition coefficient (Wildman–Crippen LogP) is 4.40. The number of nitrogens with one attached hydrogen (secondary N) is 1. The van der Waals surface area contributed by atoms with E-state index in [1.54, 1.807) is 36.1 Å². The first-order valence-corrected chi connectivity index (χ1v) is 12.7. The van der Waals surface area contributed by atoms with E-state index in [1.807, 2.05) is 30.3 Å². The molecule has 0 bridgehead atoms. The van der Waals surface area contributed by atoms with Crippen LogP contribution in [0.4, 0.5) is 5.69 Å². The highest BCUT2D eigenvalue weighted by Crippen LogP contribution is 2.35. The molecule has 0 amide bonds. The minimum Gasteiger partial charge on any atom is -0.465 e. The maximum Gasteiger partial charge on any atom is 0.343 e. The van der Waals surface area contributed by atoms with E-state index in [4.69, 9.17) is 9.15 Å². The number of sulfonamides is 1. The number of para-hydroxylation sites is 1. The molecule has 0 unspecified atom stereocenters. The van der Waals surface area contributed by atoms with Crippen molar-refractivity contribution in [3.8, 4) is 0 Å². The molecule has 0 fully saturated rings. The SMILES string of the molecule is COC(=O)C1=C(C)N(c2ccccc2)/C(=C/c2ccc(CNS(=O)(=O)c3ccc(Br)cc3)o2)C1=O. The summed E-state index contributed by atoms with van der Waals surface area (Å²) in [4.78, 5) is 27.2. The van der Waals surface area contributed by atoms with Gasteiger partial charge in [-0.2, -0.15) is 0 Å². The fraction of sp³-hybridized carbons (Fsp3) is 0.120. The second-order valence-electron chi connectivity index (χ2n) is 7.56. The largest absolute Gasteiger partial charge is 0.465 e. The van der Waals surface area contributed by atoms with Crippen LogP contribution >= 0.6 is 15.9 Å². The molecule has 3 aromatic rings. The number of anilines is 1. The van der Waals surface area contributed by atoms with Crippen molar-refractivity contribution in [1.29, 1.82) is 0 Å². The van der Waals surface area contributed by atoms with Crippen LogP contribution in [-0.2, 0) is 30.9 Å². The second-order valence-corrected chi connectivity index (χ2v) is 10.2. The molecule has 0 saturated carbocycles. The number of halogens is 1. The van der Waals surface area contributed by atoms with Crippen LogP contribution in [0.25, 0.3) is 6.08 Å². The molecule has 2 aromatic carbocycles. The third kappa shape index (κ3) is 5.14. The number of benzene rings is 2. The van der Waals surface area contributed by atoms with Crippen LogP contribution in [0.1, 0.15) is 18.4 Å². The fourth-order valence-corrected chi connectivity index (χ4v) is 4.89. The Kier molecular flexibility index (Phi) is 7.06. The minimum atomic E-state index is -3.74. The van der Waals surface area contributed by atoms with E-state index in [-0.39, 0.29) is 22.7 Å². The highest BCUT2D eigenvalue weighted by Gasteiger charge is 2.38. The summed E-state index contributed by atoms with van der Waals surface area (Å²) in [5, 5.41) is 0. The van der Waals surface area contributed by atoms with E-state index in [0.29, 0.717) is 22.9 Å². The van der Waals surface area contributed by atoms with Gasteiger partial charge in [0.25, 0.3) is 0 Å². The molecule has 0 saturated heterocycles. The highest BCUT2D eigenvalue weighted by molar-refractivity contribution is 9.10. The molecular formula is C25H21BrN2O6S. The normalized spacial score (nSPS) is 15.2. The smallest absolute Gasteiger partial charge is 0.343 e. The van der Waals surface area contributed by atoms with Crippen molar-refractivity contribution in [2.75, 3.05) is 12.0 Å². The lowest BCUT2D eigenvalue weighted by Crippen LogP contribution is -2.22. The Bertz CT molecular complexity index is 1440. The van der Waals surface area contributed by atoms with Crippen molar-refractivity contribution >= 4 is 49.5 Å². The minimum absolute atomic E-state index is 0.0587. The average Bonchev–Trinajstić information content (AvgIpc) is 3.40. The van der Waals surface area contributed by atoms with Gasteiger partial charge < -0.3 is 14.1 Å². The molecule has 1 aliphatic rings. The van der Waals surface area contributed by atoms with Crippen molar-refractivity contribution in [2.45, 2.75) is 18.4 Å². The molecule has 8 nitrogen and oxygen atoms in total. The van der Waals surface area contributed by atoms with Gasteiger partial charge in [0.1, 0.15) is 17.1 Å². The third-order valence-corrected chi connectivity index (χ3v) is 7.27. The summed E-state index contributed by atoms with van der Waals surface area (Å²) < 4.78 is 38.9. The highest BCUT2D eigenvalue weighted by atomic mass is 79.9. The molecule has 4 rings (SSSR count). The number of furan rings is 1. The van der Waals surface area contributed by atoms with Gasteiger partial charge in [0.05, 0.1) is 24.2 Å². The number of ketones is 1. The number of esters is 1. The number of rotatable bonds is 7. The summed E-state index contributed by atoms with van der Waals surface area (Å²) >= 11 is 3.28. The summed E-state index contributed by atoms with van der Waals surface area (Å²) in [5.41, 5.74) is 1.29. The number of allylic oxidation sites excluding steroid dienone is 2. The summed E-state index contributed by atoms with van der Waals surface area (Å²) in [5.74, 6) is -0.537. The summed E-state index contributed by atoms with van der Waals surface area (Å²) in [6.45, 7) is 1.59. The fourth-order valence-electron chi connectivity index (χ4n) is 3.63. The van der Waals surface area contributed by atoms with E-state index in [9.17, 15) is 18.0 Å². The zero-order valence-corrected chi connectivity index (χ0v) is 21.2. The number of ether oxygens (including phenoxy) is 1. The van der Waals surface area contributed by atoms with Gasteiger partial charge in [-0.15, -0.1) is 0 Å². The molecule has 0 spiro atoms. The van der Waals surface area contributed by atoms with Crippen LogP contribution in [-0.4, -0.2) is 27.3 Å². The van der Waals surface area contributed by atoms with Crippen molar-refractivity contribution in [3.63, 3.8) is 0 Å². The first-order chi connectivity index (χ1) is 16.7. The van der Waals surface area contributed by atoms with Gasteiger partial charge in [0.2, 0.25) is 15.8 Å². The molecule has 0 radical (unpaired) electrons. The van der Waals surface area contributed by atoms with Gasteiger partial charge in [-0.25, -0.2) is 17.9 Å². The predicted molar refractivity (Wildman–Crippen MR) is 133 cm³/mol. The van der Waals surface area contributed by atoms with Crippen LogP contribution in [0, 0.1) is 0 Å². The zero-order valence-electron chi connectivity index (χ0n) is 18.8. The standard InChI is InChI=1S/C25H21BrN2O6S/c1-16-23(25(30)33-2)24(29)22(28(16)18-6-4-3-5-7-18)14-19-10-11-20(34-19)15-27-35(31,32)21-12-8-17(26)9-13-21/h3-14,27H,15H2,1-2H3/b22-14+. The molecular weight excluding hydrogens is 536 g/mol. The van der Waals surface area contributed by atoms with Crippen molar-refractivity contribution in [1.82, 2.24) is 4.72 Å². The Labute approximate surface area is 211 Å². The number of hydrogen-bond donors (Lipinski definition) is 1. The lowest BCUT2D eigenvalue weighted by Gasteiger charge is -2.21. The van der Waals surface area contributed by atoms with Gasteiger partial charge in [-0.3, -0.25) is 4.79 Å². The number of carbonyl (C=O) groups is 2. The molecule has 2 heterocycles. The molecule has 35 heavy (non-hydrogen) atoms. The van der Waals surface area contributed by atoms with Gasteiger partial charge in [0.15, 0.2) is 0 Å². The second kappa shape index (κ2) is 10.0. The van der Waals surface area contributed by atoms with Gasteiger partial charge in [-0.05, 0) is 55.5 Å². The molecule has 1 N–H and O–H groups in total. The van der Waals surface area contributed by atoms with Crippen LogP contribution in [0.15, 0.2) is 97.5 Å². The first kappa shape index (κ1) is 24.6. The molecule has 10 heteroatoms. The number of Topliss-reactive ketones (excluding diaryl/α,β-unsaturated/α-hetero) is 1. The van der Waals surface area contributed by atoms with E-state index >= 15 is 0 Å². The van der Waals surface area contributed by atoms with E-state index in [1.165, 1.54) is 25.3 Å². The van der Waals surface area contributed by atoms with Crippen molar-refractivity contribution in [2.24, 2.45) is 0 Å². The van der Waals surface area contributed by atoms with Crippen molar-refractivity contribution < 1.29 is 27.2 Å². The maximum absolute atomic E-state index is 13.1. The first-order valence-electron chi connectivity index (χ1n) is 10.5. The number of hydrogen-bond acceptors (Lipinski definition) is 7. The zero-order chi connectivity index (χ0) is 25.2. The molecule has 1 aromatic heterocycles. The number of carbonyl (C=O) groups excluding carboxylic acids is 2. The third-order valence-electron chi connectivity index (χ3n) is 5.32. The van der Waals surface area contributed by atoms with Crippen LogP contribution in [0.3, 0.4) is 0 Å². The van der Waals surface area contributed by atoms with Crippen LogP contribution < -0.4 is 9.62 Å². The summed E-state index contributed by atoms with van der Waals surface area (Å²) in [6.07, 6.45) is 1.52. The van der Waals surface area contributed by atoms with E-state index in [0.717, 1.165) is 4.47 Å². The van der Waals surface area contributed by atoms with Crippen molar-refractivity contribution in [3.05, 3.63) is 99.7 Å². The molecule has 0 atom stereocenters. The Balaban J connectivity index is 1.59. The lowest BCUT2D eigenvalue weighted by molar-refractivity contribution is -0.137. The summed E-state index contributed by atoms with van der Waals surface area (Å²) in [7, 11) is -2.51. The van der Waals surface area contributed by atoms with E-state index < -0.39 is 21.8 Å². The Morgan fingerprint density at radius 2 is 1.77 bits per heavy atom. The molecule has 0 aliphatic carbocycles. The number of nitrogens with zero attached hydrogens (tertiary/aromatic N) is 1. The van der Waals surface area contributed by atoms with E-state index in [2.05, 4.69) is 20.7 Å². The number of methoxy groups -OCH3 is 1. The van der Waals surface area contributed by atoms with Gasteiger partial charge in [0, 0.05) is 21.9 Å². The average molecular weight is 557 g/mol. The van der Waals surface area contributed by atoms with Gasteiger partial charge in [-0.1, -0.05) is 34.1 Å². The lowest BCUT2D eigenvalue weighted by atomic mass is 10.1. The topological polar surface area (TPSA) is 106 Å². The van der Waals surface area contributed by atoms with Crippen LogP contribution in [0.5, 0.6) is 0 Å². The van der Waals surface area contributed by atoms with Gasteiger partial charge >= 0.3 is 5.97 Å².